The van der Waals surface area contributed by atoms with Crippen molar-refractivity contribution in [3.63, 3.8) is 0 Å². The van der Waals surface area contributed by atoms with E-state index in [4.69, 9.17) is 15.2 Å². The highest BCUT2D eigenvalue weighted by atomic mass is 127. The second-order valence-electron chi connectivity index (χ2n) is 8.69. The van der Waals surface area contributed by atoms with Crippen molar-refractivity contribution >= 4 is 46.0 Å². The molecule has 188 valence electrons. The number of halogens is 1. The molecule has 11 heteroatoms. The Morgan fingerprint density at radius 1 is 1.08 bits per heavy atom. The van der Waals surface area contributed by atoms with Crippen molar-refractivity contribution in [2.45, 2.75) is 18.9 Å². The third-order valence-electron chi connectivity index (χ3n) is 6.25. The van der Waals surface area contributed by atoms with Crippen LogP contribution in [0, 0.1) is 0 Å². The normalized spacial score (nSPS) is 17.1. The molecule has 2 aliphatic heterocycles. The van der Waals surface area contributed by atoms with Gasteiger partial charge in [0.05, 0.1) is 42.7 Å². The van der Waals surface area contributed by atoms with Gasteiger partial charge in [0.15, 0.2) is 11.5 Å². The van der Waals surface area contributed by atoms with Crippen molar-refractivity contribution in [1.82, 2.24) is 18.1 Å². The largest absolute Gasteiger partial charge is 0.490 e. The maximum absolute atomic E-state index is 13.2. The Hall–Kier alpha value is -3.03. The number of nitrogens with one attached hydrogen (secondary N) is 1. The fourth-order valence-electron chi connectivity index (χ4n) is 4.29. The van der Waals surface area contributed by atoms with Crippen molar-refractivity contribution in [3.05, 3.63) is 54.6 Å². The zero-order valence-electron chi connectivity index (χ0n) is 19.8. The summed E-state index contributed by atoms with van der Waals surface area (Å²) in [5.74, 6) is 0.444. The number of anilines is 3. The van der Waals surface area contributed by atoms with E-state index < -0.39 is 5.91 Å². The first kappa shape index (κ1) is 24.7. The molecule has 0 radical (unpaired) electrons. The zero-order valence-corrected chi connectivity index (χ0v) is 21.9. The Labute approximate surface area is 223 Å². The Morgan fingerprint density at radius 2 is 1.83 bits per heavy atom. The number of nitrogens with zero attached hydrogens (tertiary/aromatic N) is 5. The maximum atomic E-state index is 13.2. The van der Waals surface area contributed by atoms with Gasteiger partial charge in [0.1, 0.15) is 11.9 Å². The molecule has 5 rings (SSSR count). The lowest BCUT2D eigenvalue weighted by Gasteiger charge is -2.30. The first-order valence-corrected chi connectivity index (χ1v) is 12.9. The molecular weight excluding hydrogens is 573 g/mol. The van der Waals surface area contributed by atoms with Crippen LogP contribution in [0.2, 0.25) is 0 Å². The molecule has 2 aromatic heterocycles. The molecule has 3 aromatic rings. The van der Waals surface area contributed by atoms with E-state index >= 15 is 0 Å². The molecule has 0 spiro atoms. The van der Waals surface area contributed by atoms with Crippen LogP contribution >= 0.6 is 22.9 Å². The average Bonchev–Trinajstić information content (AvgIpc) is 2.91. The van der Waals surface area contributed by atoms with Gasteiger partial charge in [-0.1, -0.05) is 0 Å². The number of pyridine rings is 1. The molecule has 0 unspecified atom stereocenters. The molecular formula is C25H28IN7O3. The van der Waals surface area contributed by atoms with E-state index in [0.29, 0.717) is 24.6 Å². The van der Waals surface area contributed by atoms with Gasteiger partial charge in [0.25, 0.3) is 5.91 Å². The third kappa shape index (κ3) is 5.85. The highest BCUT2D eigenvalue weighted by molar-refractivity contribution is 14.1. The Kier molecular flexibility index (Phi) is 7.78. The van der Waals surface area contributed by atoms with E-state index in [9.17, 15) is 4.79 Å². The van der Waals surface area contributed by atoms with Crippen LogP contribution < -0.4 is 20.7 Å². The number of ether oxygens (including phenoxy) is 2. The topological polar surface area (TPSA) is 119 Å². The summed E-state index contributed by atoms with van der Waals surface area (Å²) in [6.07, 6.45) is 7.14. The highest BCUT2D eigenvalue weighted by Gasteiger charge is 2.21. The monoisotopic (exact) mass is 601 g/mol. The summed E-state index contributed by atoms with van der Waals surface area (Å²) in [5, 5.41) is 2.91. The minimum absolute atomic E-state index is 0.0645. The van der Waals surface area contributed by atoms with Crippen molar-refractivity contribution in [2.24, 2.45) is 0 Å². The number of benzene rings is 1. The van der Waals surface area contributed by atoms with E-state index in [2.05, 4.69) is 51.1 Å². The third-order valence-corrected chi connectivity index (χ3v) is 7.22. The molecule has 0 atom stereocenters. The fraction of sp³-hybridized carbons (Fsp3) is 0.360. The molecule has 4 heterocycles. The van der Waals surface area contributed by atoms with Gasteiger partial charge >= 0.3 is 0 Å². The highest BCUT2D eigenvalue weighted by Crippen LogP contribution is 2.28. The van der Waals surface area contributed by atoms with Gasteiger partial charge in [-0.2, -0.15) is 0 Å². The van der Waals surface area contributed by atoms with Crippen LogP contribution in [0.4, 0.5) is 17.2 Å². The Balaban J connectivity index is 1.30. The molecule has 2 saturated heterocycles. The van der Waals surface area contributed by atoms with E-state index in [-0.39, 0.29) is 17.6 Å². The zero-order chi connectivity index (χ0) is 24.9. The first-order valence-electron chi connectivity index (χ1n) is 12.0. The lowest BCUT2D eigenvalue weighted by molar-refractivity contribution is 0.102. The number of rotatable bonds is 6. The number of hydrogen-bond donors (Lipinski definition) is 2. The molecule has 0 aliphatic carbocycles. The minimum Gasteiger partial charge on any atom is -0.490 e. The summed E-state index contributed by atoms with van der Waals surface area (Å²) < 4.78 is 13.9. The number of nitrogens with two attached hydrogens (primary N) is 1. The molecule has 2 fully saturated rings. The van der Waals surface area contributed by atoms with Crippen LogP contribution in [-0.4, -0.2) is 69.5 Å². The fourth-order valence-corrected chi connectivity index (χ4v) is 4.85. The molecule has 10 nitrogen and oxygen atoms in total. The van der Waals surface area contributed by atoms with Gasteiger partial charge in [-0.3, -0.25) is 9.78 Å². The predicted octanol–water partition coefficient (Wildman–Crippen LogP) is 3.40. The van der Waals surface area contributed by atoms with Crippen LogP contribution in [0.1, 0.15) is 23.3 Å². The number of morpholine rings is 1. The Morgan fingerprint density at radius 3 is 2.58 bits per heavy atom. The molecule has 36 heavy (non-hydrogen) atoms. The standard InChI is InChI=1S/C25H28IN7O3/c26-33-9-6-19(7-10-33)36-18-3-1-17(2-4-18)20-16-29-24(27)23(30-20)25(34)31-21-15-28-8-5-22(21)32-11-13-35-14-12-32/h1-5,8,15-16,19H,6-7,9-14H2,(H2,27,29)(H,31,34). The van der Waals surface area contributed by atoms with E-state index in [1.54, 1.807) is 18.6 Å². The quantitative estimate of drug-likeness (QED) is 0.324. The van der Waals surface area contributed by atoms with Crippen molar-refractivity contribution < 1.29 is 14.3 Å². The van der Waals surface area contributed by atoms with Crippen LogP contribution in [0.15, 0.2) is 48.9 Å². The molecule has 2 aliphatic rings. The van der Waals surface area contributed by atoms with Gasteiger partial charge in [0.2, 0.25) is 0 Å². The van der Waals surface area contributed by atoms with Crippen LogP contribution in [0.25, 0.3) is 11.3 Å². The number of hydrogen-bond acceptors (Lipinski definition) is 9. The smallest absolute Gasteiger partial charge is 0.278 e. The minimum atomic E-state index is -0.439. The summed E-state index contributed by atoms with van der Waals surface area (Å²) in [5.41, 5.74) is 8.95. The summed E-state index contributed by atoms with van der Waals surface area (Å²) in [7, 11) is 0. The van der Waals surface area contributed by atoms with E-state index in [1.165, 1.54) is 0 Å². The lowest BCUT2D eigenvalue weighted by Crippen LogP contribution is -2.36. The summed E-state index contributed by atoms with van der Waals surface area (Å²) in [6.45, 7) is 4.81. The summed E-state index contributed by atoms with van der Waals surface area (Å²) in [4.78, 5) is 28.3. The first-order chi connectivity index (χ1) is 17.6. The van der Waals surface area contributed by atoms with Crippen LogP contribution in [0.3, 0.4) is 0 Å². The van der Waals surface area contributed by atoms with Gasteiger partial charge in [0, 0.05) is 60.8 Å². The number of aromatic nitrogens is 3. The van der Waals surface area contributed by atoms with Gasteiger partial charge in [-0.05, 0) is 43.2 Å². The van der Waals surface area contributed by atoms with Crippen LogP contribution in [-0.2, 0) is 4.74 Å². The number of carbonyl (C=O) groups excluding carboxylic acids is 1. The van der Waals surface area contributed by atoms with Gasteiger partial charge < -0.3 is 25.4 Å². The molecule has 3 N–H and O–H groups in total. The number of nitrogen functional groups attached to an aromatic ring is 1. The lowest BCUT2D eigenvalue weighted by atomic mass is 10.1. The van der Waals surface area contributed by atoms with E-state index in [0.717, 1.165) is 56.0 Å². The number of carbonyl (C=O) groups is 1. The average molecular weight is 601 g/mol. The Bertz CT molecular complexity index is 1200. The van der Waals surface area contributed by atoms with Gasteiger partial charge in [-0.15, -0.1) is 0 Å². The molecule has 0 saturated carbocycles. The summed E-state index contributed by atoms with van der Waals surface area (Å²) >= 11 is 2.35. The maximum Gasteiger partial charge on any atom is 0.278 e. The molecule has 1 aromatic carbocycles. The van der Waals surface area contributed by atoms with Crippen LogP contribution in [0.5, 0.6) is 5.75 Å². The van der Waals surface area contributed by atoms with E-state index in [1.807, 2.05) is 30.3 Å². The van der Waals surface area contributed by atoms with Gasteiger partial charge in [-0.25, -0.2) is 13.1 Å². The van der Waals surface area contributed by atoms with Crippen molar-refractivity contribution in [1.29, 1.82) is 0 Å². The van der Waals surface area contributed by atoms with Crippen molar-refractivity contribution in [2.75, 3.05) is 55.3 Å². The molecule has 1 amide bonds. The number of amides is 1. The second-order valence-corrected chi connectivity index (χ2v) is 10.1. The predicted molar refractivity (Wildman–Crippen MR) is 146 cm³/mol. The SMILES string of the molecule is Nc1ncc(-c2ccc(OC3CCN(I)CC3)cc2)nc1C(=O)Nc1cnccc1N1CCOCC1. The molecule has 0 bridgehead atoms. The summed E-state index contributed by atoms with van der Waals surface area (Å²) in [6, 6.07) is 9.56. The number of piperidine rings is 1. The van der Waals surface area contributed by atoms with Crippen molar-refractivity contribution in [3.8, 4) is 17.0 Å². The second kappa shape index (κ2) is 11.4.